The summed E-state index contributed by atoms with van der Waals surface area (Å²) in [7, 11) is 0. The van der Waals surface area contributed by atoms with Gasteiger partial charge in [-0.2, -0.15) is 0 Å². The molecule has 0 fully saturated rings. The second kappa shape index (κ2) is 6.64. The summed E-state index contributed by atoms with van der Waals surface area (Å²) in [4.78, 5) is 35.2. The maximum atomic E-state index is 12.1. The summed E-state index contributed by atoms with van der Waals surface area (Å²) < 4.78 is 5.24. The minimum absolute atomic E-state index is 0.00806. The summed E-state index contributed by atoms with van der Waals surface area (Å²) >= 11 is 0. The van der Waals surface area contributed by atoms with Crippen LogP contribution in [0.2, 0.25) is 0 Å². The molecule has 0 unspecified atom stereocenters. The summed E-state index contributed by atoms with van der Waals surface area (Å²) in [6.07, 6.45) is 8.51. The molecule has 1 aliphatic carbocycles. The zero-order chi connectivity index (χ0) is 14.5. The molecule has 0 saturated heterocycles. The Labute approximate surface area is 118 Å². The van der Waals surface area contributed by atoms with Gasteiger partial charge in [-0.3, -0.25) is 14.4 Å². The minimum atomic E-state index is -0.334. The maximum absolute atomic E-state index is 12.1. The SMILES string of the molecule is C[C@H]1CCC/C=C/[C@@H]2CC(=O)C=C2C(=O)CCC(=O)O1. The Kier molecular flexibility index (Phi) is 4.88. The molecule has 108 valence electrons. The van der Waals surface area contributed by atoms with Crippen LogP contribution < -0.4 is 0 Å². The van der Waals surface area contributed by atoms with Gasteiger partial charge < -0.3 is 4.74 Å². The van der Waals surface area contributed by atoms with Crippen molar-refractivity contribution in [2.75, 3.05) is 0 Å². The van der Waals surface area contributed by atoms with Gasteiger partial charge in [-0.05, 0) is 32.3 Å². The average Bonchev–Trinajstić information content (AvgIpc) is 2.76. The third-order valence-corrected chi connectivity index (χ3v) is 3.70. The van der Waals surface area contributed by atoms with E-state index in [1.165, 1.54) is 6.08 Å². The van der Waals surface area contributed by atoms with Crippen LogP contribution in [0.15, 0.2) is 23.8 Å². The third kappa shape index (κ3) is 3.89. The zero-order valence-corrected chi connectivity index (χ0v) is 11.8. The highest BCUT2D eigenvalue weighted by atomic mass is 16.5. The van der Waals surface area contributed by atoms with Gasteiger partial charge in [0.15, 0.2) is 11.6 Å². The second-order valence-corrected chi connectivity index (χ2v) is 5.46. The number of esters is 1. The van der Waals surface area contributed by atoms with Gasteiger partial charge in [-0.15, -0.1) is 0 Å². The fraction of sp³-hybridized carbons (Fsp3) is 0.562. The number of rotatable bonds is 0. The second-order valence-electron chi connectivity index (χ2n) is 5.46. The Hall–Kier alpha value is -1.71. The lowest BCUT2D eigenvalue weighted by molar-refractivity contribution is -0.149. The molecule has 2 rings (SSSR count). The number of cyclic esters (lactones) is 1. The summed E-state index contributed by atoms with van der Waals surface area (Å²) in [6, 6.07) is 0. The van der Waals surface area contributed by atoms with Crippen LogP contribution in [0.5, 0.6) is 0 Å². The van der Waals surface area contributed by atoms with Crippen LogP contribution in [0.25, 0.3) is 0 Å². The number of hydrogen-bond acceptors (Lipinski definition) is 4. The van der Waals surface area contributed by atoms with Gasteiger partial charge in [-0.1, -0.05) is 12.2 Å². The normalized spacial score (nSPS) is 30.4. The lowest BCUT2D eigenvalue weighted by Gasteiger charge is -2.12. The number of Topliss-reactive ketones (excluding diaryl/α,β-unsaturated/α-hetero) is 1. The van der Waals surface area contributed by atoms with Crippen LogP contribution in [-0.4, -0.2) is 23.6 Å². The van der Waals surface area contributed by atoms with Crippen LogP contribution in [0.3, 0.4) is 0 Å². The summed E-state index contributed by atoms with van der Waals surface area (Å²) in [5.41, 5.74) is 0.548. The summed E-state index contributed by atoms with van der Waals surface area (Å²) in [5.74, 6) is -0.565. The van der Waals surface area contributed by atoms with Gasteiger partial charge in [0.25, 0.3) is 0 Å². The van der Waals surface area contributed by atoms with E-state index in [9.17, 15) is 14.4 Å². The van der Waals surface area contributed by atoms with Crippen LogP contribution in [-0.2, 0) is 19.1 Å². The molecular formula is C16H20O4. The van der Waals surface area contributed by atoms with Crippen molar-refractivity contribution in [2.24, 2.45) is 5.92 Å². The molecule has 4 nitrogen and oxygen atoms in total. The first-order valence-electron chi connectivity index (χ1n) is 7.20. The molecule has 0 aromatic rings. The number of ketones is 2. The molecule has 0 aromatic heterocycles. The molecule has 0 saturated carbocycles. The minimum Gasteiger partial charge on any atom is -0.463 e. The molecule has 20 heavy (non-hydrogen) atoms. The standard InChI is InChI=1S/C16H20O4/c1-11-5-3-2-4-6-12-9-13(17)10-14(12)15(18)7-8-16(19)20-11/h4,6,10-12H,2-3,5,7-9H2,1H3/b6-4+/t11-,12+/m0/s1. The van der Waals surface area contributed by atoms with E-state index < -0.39 is 0 Å². The molecule has 0 spiro atoms. The van der Waals surface area contributed by atoms with Crippen molar-refractivity contribution >= 4 is 17.5 Å². The van der Waals surface area contributed by atoms with Crippen molar-refractivity contribution in [3.8, 4) is 0 Å². The zero-order valence-electron chi connectivity index (χ0n) is 11.8. The van der Waals surface area contributed by atoms with Gasteiger partial charge in [0.05, 0.1) is 12.5 Å². The Bertz CT molecular complexity index is 473. The van der Waals surface area contributed by atoms with E-state index in [0.29, 0.717) is 12.0 Å². The smallest absolute Gasteiger partial charge is 0.306 e. The molecule has 0 amide bonds. The van der Waals surface area contributed by atoms with Gasteiger partial charge in [-0.25, -0.2) is 0 Å². The largest absolute Gasteiger partial charge is 0.463 e. The predicted octanol–water partition coefficient (Wildman–Crippen LogP) is 2.52. The lowest BCUT2D eigenvalue weighted by Crippen LogP contribution is -2.16. The fourth-order valence-electron chi connectivity index (χ4n) is 2.61. The number of carbonyl (C=O) groups is 3. The molecule has 0 bridgehead atoms. The quantitative estimate of drug-likeness (QED) is 0.504. The first-order valence-corrected chi connectivity index (χ1v) is 7.20. The maximum Gasteiger partial charge on any atom is 0.306 e. The van der Waals surface area contributed by atoms with E-state index in [1.807, 2.05) is 19.1 Å². The van der Waals surface area contributed by atoms with Gasteiger partial charge in [0.1, 0.15) is 0 Å². The third-order valence-electron chi connectivity index (χ3n) is 3.70. The molecule has 4 heteroatoms. The monoisotopic (exact) mass is 276 g/mol. The number of allylic oxidation sites excluding steroid dienone is 4. The average molecular weight is 276 g/mol. The Balaban J connectivity index is 2.11. The molecule has 2 aliphatic rings. The Morgan fingerprint density at radius 1 is 1.20 bits per heavy atom. The number of carbonyl (C=O) groups excluding carboxylic acids is 3. The molecule has 0 N–H and O–H groups in total. The van der Waals surface area contributed by atoms with Crippen LogP contribution in [0.1, 0.15) is 45.4 Å². The van der Waals surface area contributed by atoms with Crippen molar-refractivity contribution in [2.45, 2.75) is 51.6 Å². The van der Waals surface area contributed by atoms with E-state index in [-0.39, 0.29) is 42.4 Å². The van der Waals surface area contributed by atoms with E-state index in [4.69, 9.17) is 4.74 Å². The van der Waals surface area contributed by atoms with Crippen molar-refractivity contribution in [3.63, 3.8) is 0 Å². The highest BCUT2D eigenvalue weighted by Gasteiger charge is 2.27. The molecule has 1 aliphatic heterocycles. The molecule has 0 radical (unpaired) electrons. The number of fused-ring (bicyclic) bond motifs is 1. The molecular weight excluding hydrogens is 256 g/mol. The molecule has 2 atom stereocenters. The lowest BCUT2D eigenvalue weighted by atomic mass is 9.95. The topological polar surface area (TPSA) is 60.4 Å². The number of ether oxygens (including phenoxy) is 1. The van der Waals surface area contributed by atoms with E-state index in [1.54, 1.807) is 0 Å². The molecule has 1 heterocycles. The van der Waals surface area contributed by atoms with Crippen molar-refractivity contribution in [1.82, 2.24) is 0 Å². The van der Waals surface area contributed by atoms with E-state index in [2.05, 4.69) is 0 Å². The van der Waals surface area contributed by atoms with Gasteiger partial charge in [0.2, 0.25) is 0 Å². The first kappa shape index (κ1) is 14.7. The van der Waals surface area contributed by atoms with Crippen molar-refractivity contribution in [1.29, 1.82) is 0 Å². The van der Waals surface area contributed by atoms with Crippen LogP contribution >= 0.6 is 0 Å². The van der Waals surface area contributed by atoms with E-state index in [0.717, 1.165) is 19.3 Å². The molecule has 0 aromatic carbocycles. The Morgan fingerprint density at radius 2 is 2.00 bits per heavy atom. The van der Waals surface area contributed by atoms with Crippen molar-refractivity contribution < 1.29 is 19.1 Å². The summed E-state index contributed by atoms with van der Waals surface area (Å²) in [6.45, 7) is 1.87. The van der Waals surface area contributed by atoms with Crippen LogP contribution in [0, 0.1) is 5.92 Å². The van der Waals surface area contributed by atoms with Crippen LogP contribution in [0.4, 0.5) is 0 Å². The summed E-state index contributed by atoms with van der Waals surface area (Å²) in [5, 5.41) is 0. The number of hydrogen-bond donors (Lipinski definition) is 0. The van der Waals surface area contributed by atoms with E-state index >= 15 is 0 Å². The first-order chi connectivity index (χ1) is 9.56. The fourth-order valence-corrected chi connectivity index (χ4v) is 2.61. The predicted molar refractivity (Wildman–Crippen MR) is 74.0 cm³/mol. The van der Waals surface area contributed by atoms with Crippen molar-refractivity contribution in [3.05, 3.63) is 23.8 Å². The van der Waals surface area contributed by atoms with Gasteiger partial charge in [0, 0.05) is 24.3 Å². The highest BCUT2D eigenvalue weighted by Crippen LogP contribution is 2.27. The van der Waals surface area contributed by atoms with Gasteiger partial charge >= 0.3 is 5.97 Å². The Morgan fingerprint density at radius 3 is 2.80 bits per heavy atom. The highest BCUT2D eigenvalue weighted by molar-refractivity contribution is 6.07.